The van der Waals surface area contributed by atoms with Gasteiger partial charge in [0.15, 0.2) is 14.1 Å². The zero-order valence-corrected chi connectivity index (χ0v) is 25.5. The maximum atomic E-state index is 13.0. The van der Waals surface area contributed by atoms with Crippen LogP contribution in [0.2, 0.25) is 18.1 Å². The van der Waals surface area contributed by atoms with Gasteiger partial charge in [-0.1, -0.05) is 64.1 Å². The van der Waals surface area contributed by atoms with Crippen LogP contribution < -0.4 is 0 Å². The molecule has 1 aromatic carbocycles. The Bertz CT molecular complexity index is 1030. The van der Waals surface area contributed by atoms with Gasteiger partial charge in [0.2, 0.25) is 0 Å². The number of ketones is 1. The van der Waals surface area contributed by atoms with E-state index in [2.05, 4.69) is 40.4 Å². The average Bonchev–Trinajstić information content (AvgIpc) is 2.84. The Morgan fingerprint density at radius 1 is 1.15 bits per heavy atom. The SMILES string of the molecule is C=C[C@@H](OCc1ccccc1)[C@H](C[C@@H](C)C1OC(CO[Si](C)(C)C(C)(C)C)(OC(C)=O)C=CC1=O)OC(C)=O. The summed E-state index contributed by atoms with van der Waals surface area (Å²) < 4.78 is 29.8. The fourth-order valence-corrected chi connectivity index (χ4v) is 4.96. The van der Waals surface area contributed by atoms with Crippen molar-refractivity contribution < 1.29 is 37.8 Å². The molecular formula is C30H44O8Si. The molecule has 0 aliphatic carbocycles. The number of hydrogen-bond donors (Lipinski definition) is 0. The second kappa shape index (κ2) is 13.7. The van der Waals surface area contributed by atoms with Gasteiger partial charge in [-0.05, 0) is 48.2 Å². The molecule has 0 fully saturated rings. The van der Waals surface area contributed by atoms with Crippen molar-refractivity contribution in [1.29, 1.82) is 0 Å². The van der Waals surface area contributed by atoms with Gasteiger partial charge in [-0.25, -0.2) is 0 Å². The van der Waals surface area contributed by atoms with E-state index in [1.54, 1.807) is 6.08 Å². The third-order valence-corrected chi connectivity index (χ3v) is 11.7. The summed E-state index contributed by atoms with van der Waals surface area (Å²) in [6.45, 7) is 19.0. The highest BCUT2D eigenvalue weighted by molar-refractivity contribution is 6.74. The highest BCUT2D eigenvalue weighted by Gasteiger charge is 2.46. The first-order valence-corrected chi connectivity index (χ1v) is 16.2. The lowest BCUT2D eigenvalue weighted by molar-refractivity contribution is -0.243. The monoisotopic (exact) mass is 560 g/mol. The maximum Gasteiger partial charge on any atom is 0.305 e. The molecule has 0 N–H and O–H groups in total. The molecule has 0 saturated heterocycles. The summed E-state index contributed by atoms with van der Waals surface area (Å²) in [7, 11) is -2.23. The molecule has 1 aliphatic rings. The van der Waals surface area contributed by atoms with Gasteiger partial charge in [-0.2, -0.15) is 0 Å². The summed E-state index contributed by atoms with van der Waals surface area (Å²) >= 11 is 0. The second-order valence-corrected chi connectivity index (χ2v) is 16.4. The van der Waals surface area contributed by atoms with Gasteiger partial charge in [0, 0.05) is 13.8 Å². The zero-order valence-electron chi connectivity index (χ0n) is 24.5. The van der Waals surface area contributed by atoms with Gasteiger partial charge in [-0.15, -0.1) is 6.58 Å². The lowest BCUT2D eigenvalue weighted by Crippen LogP contribution is -2.53. The molecule has 5 atom stereocenters. The Kier molecular flexibility index (Phi) is 11.4. The van der Waals surface area contributed by atoms with Crippen LogP contribution in [0.1, 0.15) is 53.5 Å². The minimum Gasteiger partial charge on any atom is -0.459 e. The van der Waals surface area contributed by atoms with Crippen LogP contribution in [0.4, 0.5) is 0 Å². The molecule has 0 radical (unpaired) electrons. The summed E-state index contributed by atoms with van der Waals surface area (Å²) in [6.07, 6.45) is 2.36. The standard InChI is InChI=1S/C30H44O8Si/c1-10-26(34-19-24-14-12-11-13-15-24)27(36-22(3)31)18-21(2)28-25(33)16-17-30(38-28,37-23(4)32)20-35-39(8,9)29(5,6)7/h10-17,21,26-28H,1,18-20H2,2-9H3/t21-,26-,27+,28?,30?/m1/s1. The summed E-state index contributed by atoms with van der Waals surface area (Å²) in [5.41, 5.74) is 0.961. The Hall–Kier alpha value is -2.59. The number of hydrogen-bond acceptors (Lipinski definition) is 8. The highest BCUT2D eigenvalue weighted by Crippen LogP contribution is 2.38. The van der Waals surface area contributed by atoms with Crippen molar-refractivity contribution in [2.45, 2.75) is 96.8 Å². The second-order valence-electron chi connectivity index (χ2n) is 11.6. The molecule has 9 heteroatoms. The van der Waals surface area contributed by atoms with Gasteiger partial charge in [0.25, 0.3) is 5.79 Å². The first kappa shape index (κ1) is 32.6. The molecule has 0 aromatic heterocycles. The van der Waals surface area contributed by atoms with Crippen molar-refractivity contribution in [2.24, 2.45) is 5.92 Å². The third kappa shape index (κ3) is 9.53. The van der Waals surface area contributed by atoms with Crippen LogP contribution in [0.5, 0.6) is 0 Å². The number of carbonyl (C=O) groups excluding carboxylic acids is 3. The smallest absolute Gasteiger partial charge is 0.305 e. The molecule has 0 saturated carbocycles. The summed E-state index contributed by atoms with van der Waals surface area (Å²) in [5.74, 6) is -3.29. The number of carbonyl (C=O) groups is 3. The Balaban J connectivity index is 2.24. The predicted octanol–water partition coefficient (Wildman–Crippen LogP) is 5.52. The first-order chi connectivity index (χ1) is 18.1. The molecule has 2 unspecified atom stereocenters. The molecule has 2 rings (SSSR count). The third-order valence-electron chi connectivity index (χ3n) is 7.19. The van der Waals surface area contributed by atoms with E-state index in [0.29, 0.717) is 6.61 Å². The minimum absolute atomic E-state index is 0.0427. The number of benzene rings is 1. The van der Waals surface area contributed by atoms with Crippen molar-refractivity contribution in [3.05, 3.63) is 60.7 Å². The van der Waals surface area contributed by atoms with Crippen LogP contribution in [-0.4, -0.2) is 56.7 Å². The van der Waals surface area contributed by atoms with Gasteiger partial charge >= 0.3 is 11.9 Å². The van der Waals surface area contributed by atoms with Crippen molar-refractivity contribution in [2.75, 3.05) is 6.61 Å². The molecule has 1 heterocycles. The van der Waals surface area contributed by atoms with E-state index >= 15 is 0 Å². The summed E-state index contributed by atoms with van der Waals surface area (Å²) in [5, 5.41) is -0.0813. The fraction of sp³-hybridized carbons (Fsp3) is 0.567. The molecule has 0 spiro atoms. The van der Waals surface area contributed by atoms with Crippen LogP contribution in [0.3, 0.4) is 0 Å². The quantitative estimate of drug-likeness (QED) is 0.177. The fourth-order valence-electron chi connectivity index (χ4n) is 3.97. The predicted molar refractivity (Wildman–Crippen MR) is 151 cm³/mol. The molecule has 0 amide bonds. The molecule has 1 aliphatic heterocycles. The number of ether oxygens (including phenoxy) is 4. The van der Waals surface area contributed by atoms with Crippen LogP contribution in [-0.2, 0) is 44.4 Å². The first-order valence-electron chi connectivity index (χ1n) is 13.3. The van der Waals surface area contributed by atoms with Crippen LogP contribution in [0.15, 0.2) is 55.1 Å². The summed E-state index contributed by atoms with van der Waals surface area (Å²) in [4.78, 5) is 37.0. The maximum absolute atomic E-state index is 13.0. The molecule has 216 valence electrons. The van der Waals surface area contributed by atoms with E-state index in [0.717, 1.165) is 5.56 Å². The minimum atomic E-state index is -2.23. The Morgan fingerprint density at radius 3 is 2.33 bits per heavy atom. The van der Waals surface area contributed by atoms with Crippen molar-refractivity contribution >= 4 is 26.0 Å². The van der Waals surface area contributed by atoms with Gasteiger partial charge in [0.05, 0.1) is 6.61 Å². The molecule has 8 nitrogen and oxygen atoms in total. The van der Waals surface area contributed by atoms with Crippen molar-refractivity contribution in [3.8, 4) is 0 Å². The topological polar surface area (TPSA) is 97.4 Å². The van der Waals surface area contributed by atoms with E-state index in [4.69, 9.17) is 23.4 Å². The highest BCUT2D eigenvalue weighted by atomic mass is 28.4. The van der Waals surface area contributed by atoms with E-state index < -0.39 is 50.3 Å². The lowest BCUT2D eigenvalue weighted by atomic mass is 9.90. The van der Waals surface area contributed by atoms with E-state index in [9.17, 15) is 14.4 Å². The van der Waals surface area contributed by atoms with Gasteiger partial charge in [-0.3, -0.25) is 14.4 Å². The lowest BCUT2D eigenvalue weighted by Gasteiger charge is -2.42. The Morgan fingerprint density at radius 2 is 1.79 bits per heavy atom. The molecular weight excluding hydrogens is 516 g/mol. The molecule has 39 heavy (non-hydrogen) atoms. The number of esters is 2. The van der Waals surface area contributed by atoms with E-state index in [1.807, 2.05) is 37.3 Å². The van der Waals surface area contributed by atoms with Gasteiger partial charge < -0.3 is 23.4 Å². The average molecular weight is 561 g/mol. The van der Waals surface area contributed by atoms with E-state index in [1.165, 1.54) is 26.0 Å². The largest absolute Gasteiger partial charge is 0.459 e. The van der Waals surface area contributed by atoms with Crippen molar-refractivity contribution in [3.63, 3.8) is 0 Å². The number of rotatable bonds is 13. The van der Waals surface area contributed by atoms with Crippen molar-refractivity contribution in [1.82, 2.24) is 0 Å². The molecule has 1 aromatic rings. The van der Waals surface area contributed by atoms with E-state index in [-0.39, 0.29) is 23.8 Å². The molecule has 0 bridgehead atoms. The zero-order chi connectivity index (χ0) is 29.4. The summed E-state index contributed by atoms with van der Waals surface area (Å²) in [6, 6.07) is 9.62. The van der Waals surface area contributed by atoms with Crippen LogP contribution in [0.25, 0.3) is 0 Å². The van der Waals surface area contributed by atoms with Crippen LogP contribution >= 0.6 is 0 Å². The van der Waals surface area contributed by atoms with Gasteiger partial charge in [0.1, 0.15) is 24.9 Å². The Labute approximate surface area is 233 Å². The van der Waals surface area contributed by atoms with Crippen LogP contribution in [0, 0.1) is 5.92 Å². The normalized spacial score (nSPS) is 22.1.